The molecule has 2 unspecified atom stereocenters. The highest BCUT2D eigenvalue weighted by molar-refractivity contribution is 14.0. The van der Waals surface area contributed by atoms with Crippen LogP contribution in [0.3, 0.4) is 0 Å². The van der Waals surface area contributed by atoms with Gasteiger partial charge in [-0.15, -0.1) is 24.0 Å². The zero-order valence-corrected chi connectivity index (χ0v) is 19.4. The lowest BCUT2D eigenvalue weighted by Crippen LogP contribution is -2.43. The van der Waals surface area contributed by atoms with Crippen molar-refractivity contribution in [3.8, 4) is 0 Å². The molecule has 148 valence electrons. The van der Waals surface area contributed by atoms with Crippen LogP contribution in [0, 0.1) is 13.8 Å². The Morgan fingerprint density at radius 2 is 2.07 bits per heavy atom. The molecule has 2 aromatic rings. The number of hydrogen-bond donors (Lipinski definition) is 2. The predicted octanol–water partition coefficient (Wildman–Crippen LogP) is 3.48. The Labute approximate surface area is 180 Å². The van der Waals surface area contributed by atoms with Crippen molar-refractivity contribution in [2.24, 2.45) is 12.0 Å². The van der Waals surface area contributed by atoms with Crippen LogP contribution in [0.1, 0.15) is 47.8 Å². The van der Waals surface area contributed by atoms with Gasteiger partial charge in [-0.1, -0.05) is 24.3 Å². The minimum atomic E-state index is 0. The third kappa shape index (κ3) is 5.03. The molecule has 0 spiro atoms. The van der Waals surface area contributed by atoms with Crippen LogP contribution < -0.4 is 10.6 Å². The Kier molecular flexibility index (Phi) is 7.70. The Bertz CT molecular complexity index is 796. The predicted molar refractivity (Wildman–Crippen MR) is 123 cm³/mol. The highest BCUT2D eigenvalue weighted by atomic mass is 127. The van der Waals surface area contributed by atoms with Gasteiger partial charge in [-0.25, -0.2) is 0 Å². The van der Waals surface area contributed by atoms with Crippen LogP contribution in [-0.4, -0.2) is 34.9 Å². The van der Waals surface area contributed by atoms with E-state index >= 15 is 0 Å². The van der Waals surface area contributed by atoms with Gasteiger partial charge >= 0.3 is 0 Å². The lowest BCUT2D eigenvalue weighted by molar-refractivity contribution is 0.602. The van der Waals surface area contributed by atoms with Gasteiger partial charge in [0.2, 0.25) is 0 Å². The first-order valence-electron chi connectivity index (χ1n) is 9.61. The van der Waals surface area contributed by atoms with Crippen molar-refractivity contribution in [1.29, 1.82) is 0 Å². The number of fused-ring (bicyclic) bond motifs is 1. The molecule has 2 atom stereocenters. The van der Waals surface area contributed by atoms with E-state index in [0.717, 1.165) is 37.6 Å². The van der Waals surface area contributed by atoms with Gasteiger partial charge in [-0.05, 0) is 57.2 Å². The van der Waals surface area contributed by atoms with E-state index in [1.165, 1.54) is 22.4 Å². The molecular weight excluding hydrogens is 449 g/mol. The minimum absolute atomic E-state index is 0. The van der Waals surface area contributed by atoms with E-state index in [9.17, 15) is 0 Å². The van der Waals surface area contributed by atoms with Crippen molar-refractivity contribution in [2.75, 3.05) is 13.1 Å². The van der Waals surface area contributed by atoms with E-state index in [-0.39, 0.29) is 24.0 Å². The van der Waals surface area contributed by atoms with Crippen molar-refractivity contribution in [3.63, 3.8) is 0 Å². The molecule has 5 nitrogen and oxygen atoms in total. The van der Waals surface area contributed by atoms with E-state index in [0.29, 0.717) is 12.0 Å². The number of aryl methyl sites for hydroxylation is 2. The fourth-order valence-electron chi connectivity index (χ4n) is 3.75. The van der Waals surface area contributed by atoms with Crippen LogP contribution in [0.5, 0.6) is 0 Å². The standard InChI is InChI=1S/C21H31N5.HI/c1-6-22-21(23-13-18-12-17-9-7-8-10-19(17)18)24-14(2)11-20-15(3)25-26(5)16(20)4;/h7-10,14,18H,6,11-13H2,1-5H3,(H2,22,23,24);1H. The van der Waals surface area contributed by atoms with Gasteiger partial charge in [0, 0.05) is 37.8 Å². The van der Waals surface area contributed by atoms with Gasteiger partial charge in [-0.2, -0.15) is 5.10 Å². The highest BCUT2D eigenvalue weighted by Gasteiger charge is 2.25. The largest absolute Gasteiger partial charge is 0.357 e. The van der Waals surface area contributed by atoms with Crippen LogP contribution in [0.25, 0.3) is 0 Å². The highest BCUT2D eigenvalue weighted by Crippen LogP contribution is 2.34. The Balaban J connectivity index is 0.00000261. The van der Waals surface area contributed by atoms with Crippen molar-refractivity contribution in [1.82, 2.24) is 20.4 Å². The summed E-state index contributed by atoms with van der Waals surface area (Å²) in [4.78, 5) is 4.84. The quantitative estimate of drug-likeness (QED) is 0.378. The van der Waals surface area contributed by atoms with E-state index < -0.39 is 0 Å². The monoisotopic (exact) mass is 481 g/mol. The SMILES string of the molecule is CCNC(=NCC1Cc2ccccc21)NC(C)Cc1c(C)nn(C)c1C.I. The summed E-state index contributed by atoms with van der Waals surface area (Å²) in [6.45, 7) is 10.2. The van der Waals surface area contributed by atoms with Crippen LogP contribution in [0.15, 0.2) is 29.3 Å². The smallest absolute Gasteiger partial charge is 0.191 e. The molecule has 1 heterocycles. The molecule has 6 heteroatoms. The van der Waals surface area contributed by atoms with E-state index in [4.69, 9.17) is 4.99 Å². The molecule has 3 rings (SSSR count). The van der Waals surface area contributed by atoms with Gasteiger partial charge < -0.3 is 10.6 Å². The second-order valence-electron chi connectivity index (χ2n) is 7.34. The lowest BCUT2D eigenvalue weighted by Gasteiger charge is -2.29. The van der Waals surface area contributed by atoms with Crippen molar-refractivity contribution >= 4 is 29.9 Å². The molecule has 0 amide bonds. The van der Waals surface area contributed by atoms with Crippen molar-refractivity contribution in [3.05, 3.63) is 52.3 Å². The number of nitrogens with one attached hydrogen (secondary N) is 2. The van der Waals surface area contributed by atoms with Gasteiger partial charge in [0.05, 0.1) is 5.69 Å². The Morgan fingerprint density at radius 3 is 2.70 bits per heavy atom. The maximum atomic E-state index is 4.84. The van der Waals surface area contributed by atoms with Crippen LogP contribution in [0.4, 0.5) is 0 Å². The van der Waals surface area contributed by atoms with E-state index in [2.05, 4.69) is 67.7 Å². The van der Waals surface area contributed by atoms with Crippen molar-refractivity contribution < 1.29 is 0 Å². The normalized spacial score (nSPS) is 16.8. The van der Waals surface area contributed by atoms with Crippen LogP contribution >= 0.6 is 24.0 Å². The molecule has 0 fully saturated rings. The second kappa shape index (κ2) is 9.57. The number of aromatic nitrogens is 2. The summed E-state index contributed by atoms with van der Waals surface area (Å²) in [6, 6.07) is 8.99. The van der Waals surface area contributed by atoms with Gasteiger partial charge in [0.15, 0.2) is 5.96 Å². The summed E-state index contributed by atoms with van der Waals surface area (Å²) in [5.41, 5.74) is 6.62. The average Bonchev–Trinajstić information content (AvgIpc) is 2.82. The number of aliphatic imine (C=N–C) groups is 1. The molecule has 2 N–H and O–H groups in total. The first-order chi connectivity index (χ1) is 12.5. The number of nitrogens with zero attached hydrogens (tertiary/aromatic N) is 3. The minimum Gasteiger partial charge on any atom is -0.357 e. The third-order valence-corrected chi connectivity index (χ3v) is 5.33. The zero-order valence-electron chi connectivity index (χ0n) is 17.0. The van der Waals surface area contributed by atoms with Crippen LogP contribution in [0.2, 0.25) is 0 Å². The molecule has 1 aromatic carbocycles. The fraction of sp³-hybridized carbons (Fsp3) is 0.524. The Morgan fingerprint density at radius 1 is 1.33 bits per heavy atom. The molecule has 0 saturated heterocycles. The first-order valence-corrected chi connectivity index (χ1v) is 9.61. The molecule has 0 saturated carbocycles. The maximum absolute atomic E-state index is 4.84. The summed E-state index contributed by atoms with van der Waals surface area (Å²) in [5, 5.41) is 11.5. The molecule has 27 heavy (non-hydrogen) atoms. The average molecular weight is 481 g/mol. The molecule has 0 aliphatic heterocycles. The topological polar surface area (TPSA) is 54.2 Å². The molecule has 1 aliphatic rings. The van der Waals surface area contributed by atoms with Crippen molar-refractivity contribution in [2.45, 2.75) is 52.5 Å². The Hall–Kier alpha value is -1.57. The maximum Gasteiger partial charge on any atom is 0.191 e. The molecule has 0 bridgehead atoms. The number of rotatable bonds is 6. The van der Waals surface area contributed by atoms with Gasteiger partial charge in [-0.3, -0.25) is 9.67 Å². The third-order valence-electron chi connectivity index (χ3n) is 5.33. The number of hydrogen-bond acceptors (Lipinski definition) is 2. The summed E-state index contributed by atoms with van der Waals surface area (Å²) in [5.74, 6) is 1.46. The summed E-state index contributed by atoms with van der Waals surface area (Å²) in [7, 11) is 2.01. The lowest BCUT2D eigenvalue weighted by atomic mass is 9.78. The zero-order chi connectivity index (χ0) is 18.7. The molecule has 0 radical (unpaired) electrons. The van der Waals surface area contributed by atoms with E-state index in [1.54, 1.807) is 0 Å². The molecular formula is C21H32IN5. The first kappa shape index (κ1) is 21.7. The van der Waals surface area contributed by atoms with Gasteiger partial charge in [0.1, 0.15) is 0 Å². The summed E-state index contributed by atoms with van der Waals surface area (Å²) >= 11 is 0. The fourth-order valence-corrected chi connectivity index (χ4v) is 3.75. The summed E-state index contributed by atoms with van der Waals surface area (Å²) in [6.07, 6.45) is 2.09. The number of benzene rings is 1. The van der Waals surface area contributed by atoms with Crippen LogP contribution in [-0.2, 0) is 19.9 Å². The molecule has 1 aromatic heterocycles. The second-order valence-corrected chi connectivity index (χ2v) is 7.34. The molecule has 1 aliphatic carbocycles. The van der Waals surface area contributed by atoms with E-state index in [1.807, 2.05) is 11.7 Å². The number of halogens is 1. The van der Waals surface area contributed by atoms with Gasteiger partial charge in [0.25, 0.3) is 0 Å². The summed E-state index contributed by atoms with van der Waals surface area (Å²) < 4.78 is 1.96. The number of guanidine groups is 1.